The lowest BCUT2D eigenvalue weighted by molar-refractivity contribution is 0.631. The van der Waals surface area contributed by atoms with Crippen LogP contribution >= 0.6 is 11.6 Å². The number of aromatic nitrogens is 2. The van der Waals surface area contributed by atoms with Gasteiger partial charge in [-0.2, -0.15) is 0 Å². The van der Waals surface area contributed by atoms with Crippen LogP contribution in [0.15, 0.2) is 60.9 Å². The normalized spacial score (nSPS) is 11.0. The van der Waals surface area contributed by atoms with Gasteiger partial charge >= 0.3 is 0 Å². The fourth-order valence-corrected chi connectivity index (χ4v) is 3.06. The number of H-pyrrole nitrogens is 1. The van der Waals surface area contributed by atoms with Crippen molar-refractivity contribution in [2.75, 3.05) is 0 Å². The molecule has 0 fully saturated rings. The maximum Gasteiger partial charge on any atom is 0.139 e. The first-order valence-corrected chi connectivity index (χ1v) is 7.50. The summed E-state index contributed by atoms with van der Waals surface area (Å²) in [6, 6.07) is 17.2. The largest absolute Gasteiger partial charge is 0.345 e. The van der Waals surface area contributed by atoms with E-state index in [1.165, 1.54) is 6.07 Å². The average molecular weight is 322 g/mol. The van der Waals surface area contributed by atoms with E-state index in [4.69, 9.17) is 11.6 Å². The van der Waals surface area contributed by atoms with Gasteiger partial charge in [0.15, 0.2) is 0 Å². The van der Waals surface area contributed by atoms with Gasteiger partial charge < -0.3 is 4.98 Å². The topological polar surface area (TPSA) is 28.7 Å². The van der Waals surface area contributed by atoms with Crippen LogP contribution < -0.4 is 0 Å². The zero-order valence-corrected chi connectivity index (χ0v) is 12.7. The molecule has 1 N–H and O–H groups in total. The Kier molecular flexibility index (Phi) is 3.36. The second kappa shape index (κ2) is 5.52. The number of pyridine rings is 1. The lowest BCUT2D eigenvalue weighted by Gasteiger charge is -2.07. The molecule has 4 rings (SSSR count). The summed E-state index contributed by atoms with van der Waals surface area (Å²) < 4.78 is 14.2. The van der Waals surface area contributed by atoms with Gasteiger partial charge in [-0.15, -0.1) is 0 Å². The minimum Gasteiger partial charge on any atom is -0.345 e. The van der Waals surface area contributed by atoms with Gasteiger partial charge in [0.2, 0.25) is 0 Å². The Labute approximate surface area is 137 Å². The molecule has 0 spiro atoms. The van der Waals surface area contributed by atoms with Gasteiger partial charge in [0, 0.05) is 34.5 Å². The van der Waals surface area contributed by atoms with Crippen LogP contribution in [0, 0.1) is 11.9 Å². The van der Waals surface area contributed by atoms with Crippen LogP contribution in [-0.4, -0.2) is 9.97 Å². The van der Waals surface area contributed by atoms with Crippen LogP contribution in [0.2, 0.25) is 5.02 Å². The molecule has 4 aromatic rings. The van der Waals surface area contributed by atoms with E-state index < -0.39 is 0 Å². The second-order valence-corrected chi connectivity index (χ2v) is 5.56. The summed E-state index contributed by atoms with van der Waals surface area (Å²) in [4.78, 5) is 7.48. The van der Waals surface area contributed by atoms with Gasteiger partial charge in [-0.25, -0.2) is 9.37 Å². The number of aromatic amines is 1. The maximum atomic E-state index is 14.2. The summed E-state index contributed by atoms with van der Waals surface area (Å²) in [6.45, 7) is 0. The molecule has 0 saturated heterocycles. The van der Waals surface area contributed by atoms with Gasteiger partial charge in [-0.3, -0.25) is 0 Å². The summed E-state index contributed by atoms with van der Waals surface area (Å²) in [5.74, 6) is -0.289. The van der Waals surface area contributed by atoms with Crippen molar-refractivity contribution in [2.45, 2.75) is 0 Å². The van der Waals surface area contributed by atoms with E-state index in [-0.39, 0.29) is 5.82 Å². The van der Waals surface area contributed by atoms with E-state index in [0.29, 0.717) is 21.8 Å². The summed E-state index contributed by atoms with van der Waals surface area (Å²) in [5.41, 5.74) is 3.56. The monoisotopic (exact) mass is 321 g/mol. The standard InChI is InChI=1S/C19H11ClFN2/c20-18-14(12-6-2-1-3-7-12)10-22-19-17(18)15(11-23-19)13-8-4-5-9-16(13)21/h1-2,4-11H,(H,22,23). The first-order chi connectivity index (χ1) is 11.3. The second-order valence-electron chi connectivity index (χ2n) is 5.18. The molecular formula is C19H11ClFN2. The Balaban J connectivity index is 2.00. The minimum atomic E-state index is -0.289. The van der Waals surface area contributed by atoms with E-state index in [1.54, 1.807) is 30.6 Å². The smallest absolute Gasteiger partial charge is 0.139 e. The van der Waals surface area contributed by atoms with Crippen LogP contribution in [0.25, 0.3) is 33.3 Å². The molecule has 1 radical (unpaired) electrons. The predicted molar refractivity (Wildman–Crippen MR) is 90.8 cm³/mol. The maximum absolute atomic E-state index is 14.2. The van der Waals surface area contributed by atoms with Crippen molar-refractivity contribution in [1.29, 1.82) is 0 Å². The van der Waals surface area contributed by atoms with Gasteiger partial charge in [0.1, 0.15) is 11.5 Å². The molecule has 23 heavy (non-hydrogen) atoms. The average Bonchev–Trinajstić information content (AvgIpc) is 3.01. The molecule has 0 saturated carbocycles. The quantitative estimate of drug-likeness (QED) is 0.519. The summed E-state index contributed by atoms with van der Waals surface area (Å²) in [5, 5.41) is 1.27. The molecular weight excluding hydrogens is 311 g/mol. The van der Waals surface area contributed by atoms with Gasteiger partial charge in [0.05, 0.1) is 5.02 Å². The van der Waals surface area contributed by atoms with Crippen molar-refractivity contribution in [3.05, 3.63) is 77.8 Å². The number of rotatable bonds is 2. The highest BCUT2D eigenvalue weighted by Gasteiger charge is 2.16. The summed E-state index contributed by atoms with van der Waals surface area (Å²) in [6.07, 6.45) is 3.46. The van der Waals surface area contributed by atoms with Crippen molar-refractivity contribution in [1.82, 2.24) is 9.97 Å². The summed E-state index contributed by atoms with van der Waals surface area (Å²) >= 11 is 6.63. The third kappa shape index (κ3) is 2.30. The Bertz CT molecular complexity index is 993. The number of halogens is 2. The van der Waals surface area contributed by atoms with Crippen molar-refractivity contribution >= 4 is 22.6 Å². The molecule has 2 nitrogen and oxygen atoms in total. The van der Waals surface area contributed by atoms with Crippen LogP contribution in [0.5, 0.6) is 0 Å². The third-order valence-corrected chi connectivity index (χ3v) is 4.21. The van der Waals surface area contributed by atoms with E-state index in [2.05, 4.69) is 16.0 Å². The number of nitrogens with zero attached hydrogens (tertiary/aromatic N) is 1. The Morgan fingerprint density at radius 1 is 1.04 bits per heavy atom. The van der Waals surface area contributed by atoms with E-state index >= 15 is 0 Å². The molecule has 2 aromatic heterocycles. The molecule has 0 atom stereocenters. The number of hydrogen-bond acceptors (Lipinski definition) is 1. The Morgan fingerprint density at radius 2 is 1.91 bits per heavy atom. The van der Waals surface area contributed by atoms with Gasteiger partial charge in [-0.05, 0) is 23.8 Å². The van der Waals surface area contributed by atoms with Crippen LogP contribution in [0.3, 0.4) is 0 Å². The fourth-order valence-electron chi connectivity index (χ4n) is 2.71. The molecule has 0 bridgehead atoms. The highest BCUT2D eigenvalue weighted by Crippen LogP contribution is 2.39. The molecule has 0 aliphatic rings. The Hall–Kier alpha value is -2.65. The number of fused-ring (bicyclic) bond motifs is 1. The lowest BCUT2D eigenvalue weighted by Crippen LogP contribution is -1.87. The van der Waals surface area contributed by atoms with Gasteiger partial charge in [-0.1, -0.05) is 48.0 Å². The summed E-state index contributed by atoms with van der Waals surface area (Å²) in [7, 11) is 0. The molecule has 111 valence electrons. The first-order valence-electron chi connectivity index (χ1n) is 7.12. The van der Waals surface area contributed by atoms with Crippen molar-refractivity contribution in [3.8, 4) is 22.3 Å². The van der Waals surface area contributed by atoms with Crippen molar-refractivity contribution in [3.63, 3.8) is 0 Å². The molecule has 0 unspecified atom stereocenters. The molecule has 0 amide bonds. The van der Waals surface area contributed by atoms with E-state index in [1.807, 2.05) is 24.3 Å². The van der Waals surface area contributed by atoms with E-state index in [0.717, 1.165) is 16.5 Å². The Morgan fingerprint density at radius 3 is 2.70 bits per heavy atom. The number of benzene rings is 2. The van der Waals surface area contributed by atoms with Crippen molar-refractivity contribution in [2.24, 2.45) is 0 Å². The lowest BCUT2D eigenvalue weighted by atomic mass is 10.0. The van der Waals surface area contributed by atoms with Crippen LogP contribution in [-0.2, 0) is 0 Å². The number of nitrogens with one attached hydrogen (secondary N) is 1. The molecule has 0 aliphatic carbocycles. The number of hydrogen-bond donors (Lipinski definition) is 1. The minimum absolute atomic E-state index is 0.289. The highest BCUT2D eigenvalue weighted by atomic mass is 35.5. The SMILES string of the molecule is Fc1ccccc1-c1c[nH]c2ncc(-c3c[c]ccc3)c(Cl)c12. The van der Waals surface area contributed by atoms with E-state index in [9.17, 15) is 4.39 Å². The first kappa shape index (κ1) is 14.0. The molecule has 4 heteroatoms. The zero-order chi connectivity index (χ0) is 15.8. The molecule has 2 aromatic carbocycles. The fraction of sp³-hybridized carbons (Fsp3) is 0. The molecule has 0 aliphatic heterocycles. The van der Waals surface area contributed by atoms with Crippen LogP contribution in [0.4, 0.5) is 4.39 Å². The highest BCUT2D eigenvalue weighted by molar-refractivity contribution is 6.39. The van der Waals surface area contributed by atoms with Gasteiger partial charge in [0.25, 0.3) is 0 Å². The van der Waals surface area contributed by atoms with Crippen molar-refractivity contribution < 1.29 is 4.39 Å². The molecule has 2 heterocycles. The predicted octanol–water partition coefficient (Wildman–Crippen LogP) is 5.49. The zero-order valence-electron chi connectivity index (χ0n) is 12.0. The third-order valence-electron chi connectivity index (χ3n) is 3.82. The van der Waals surface area contributed by atoms with Crippen LogP contribution in [0.1, 0.15) is 0 Å².